The van der Waals surface area contributed by atoms with Gasteiger partial charge in [-0.1, -0.05) is 11.6 Å². The predicted octanol–water partition coefficient (Wildman–Crippen LogP) is 2.51. The summed E-state index contributed by atoms with van der Waals surface area (Å²) >= 11 is 5.89. The van der Waals surface area contributed by atoms with Crippen LogP contribution in [-0.4, -0.2) is 20.7 Å². The molecule has 21 heavy (non-hydrogen) atoms. The van der Waals surface area contributed by atoms with Crippen LogP contribution < -0.4 is 5.32 Å². The molecule has 0 bridgehead atoms. The maximum absolute atomic E-state index is 13.0. The summed E-state index contributed by atoms with van der Waals surface area (Å²) < 4.78 is 15.0. The van der Waals surface area contributed by atoms with E-state index in [1.54, 1.807) is 0 Å². The van der Waals surface area contributed by atoms with Crippen LogP contribution in [0.15, 0.2) is 18.2 Å². The molecule has 1 aliphatic heterocycles. The molecule has 5 nitrogen and oxygen atoms in total. The summed E-state index contributed by atoms with van der Waals surface area (Å²) in [5, 5.41) is 11.1. The Balaban J connectivity index is 1.77. The highest BCUT2D eigenvalue weighted by Gasteiger charge is 2.23. The molecule has 0 saturated carbocycles. The molecule has 0 radical (unpaired) electrons. The molecule has 1 N–H and O–H groups in total. The zero-order valence-corrected chi connectivity index (χ0v) is 12.2. The lowest BCUT2D eigenvalue weighted by Crippen LogP contribution is -2.29. The van der Waals surface area contributed by atoms with E-state index >= 15 is 0 Å². The average molecular weight is 309 g/mol. The lowest BCUT2D eigenvalue weighted by molar-refractivity contribution is 0.0937. The van der Waals surface area contributed by atoms with Crippen LogP contribution in [0.2, 0.25) is 5.02 Å². The summed E-state index contributed by atoms with van der Waals surface area (Å²) in [6.07, 6.45) is 1.96. The minimum atomic E-state index is -0.472. The monoisotopic (exact) mass is 308 g/mol. The van der Waals surface area contributed by atoms with Gasteiger partial charge in [-0.05, 0) is 31.5 Å². The molecular weight excluding hydrogens is 295 g/mol. The first-order valence-corrected chi connectivity index (χ1v) is 7.12. The number of hydrogen-bond donors (Lipinski definition) is 1. The molecule has 0 aliphatic carbocycles. The predicted molar refractivity (Wildman–Crippen MR) is 75.6 cm³/mol. The highest BCUT2D eigenvalue weighted by atomic mass is 35.5. The molecular formula is C14H14ClFN4O. The molecule has 1 aliphatic rings. The summed E-state index contributed by atoms with van der Waals surface area (Å²) in [6.45, 7) is 2.71. The molecule has 2 heterocycles. The van der Waals surface area contributed by atoms with E-state index in [1.165, 1.54) is 12.1 Å². The van der Waals surface area contributed by atoms with Gasteiger partial charge in [0.2, 0.25) is 0 Å². The molecule has 3 rings (SSSR count). The van der Waals surface area contributed by atoms with Crippen LogP contribution in [0.25, 0.3) is 0 Å². The molecule has 1 unspecified atom stereocenters. The Labute approximate surface area is 126 Å². The van der Waals surface area contributed by atoms with Crippen molar-refractivity contribution in [2.45, 2.75) is 32.4 Å². The normalized spacial score (nSPS) is 14.8. The zero-order valence-electron chi connectivity index (χ0n) is 11.4. The van der Waals surface area contributed by atoms with Crippen molar-refractivity contribution in [1.29, 1.82) is 0 Å². The fourth-order valence-electron chi connectivity index (χ4n) is 2.51. The molecule has 0 spiro atoms. The first kappa shape index (κ1) is 14.0. The first-order valence-electron chi connectivity index (χ1n) is 6.74. The number of nitrogens with zero attached hydrogens (tertiary/aromatic N) is 3. The summed E-state index contributed by atoms with van der Waals surface area (Å²) in [7, 11) is 0. The molecule has 1 aromatic carbocycles. The lowest BCUT2D eigenvalue weighted by atomic mass is 10.2. The number of fused-ring (bicyclic) bond motifs is 1. The van der Waals surface area contributed by atoms with Gasteiger partial charge in [0.25, 0.3) is 5.91 Å². The van der Waals surface area contributed by atoms with Crippen LogP contribution in [0.5, 0.6) is 0 Å². The van der Waals surface area contributed by atoms with Crippen LogP contribution >= 0.6 is 11.6 Å². The third kappa shape index (κ3) is 2.63. The van der Waals surface area contributed by atoms with Gasteiger partial charge >= 0.3 is 0 Å². The van der Waals surface area contributed by atoms with E-state index in [0.29, 0.717) is 0 Å². The van der Waals surface area contributed by atoms with Gasteiger partial charge in [-0.3, -0.25) is 4.79 Å². The molecule has 1 amide bonds. The van der Waals surface area contributed by atoms with Crippen LogP contribution in [0.3, 0.4) is 0 Å². The Morgan fingerprint density at radius 3 is 3.05 bits per heavy atom. The maximum atomic E-state index is 13.0. The quantitative estimate of drug-likeness (QED) is 0.947. The molecule has 7 heteroatoms. The Kier molecular flexibility index (Phi) is 3.63. The average Bonchev–Trinajstić information content (AvgIpc) is 3.00. The van der Waals surface area contributed by atoms with Crippen molar-refractivity contribution in [3.8, 4) is 0 Å². The second kappa shape index (κ2) is 5.44. The number of carbonyl (C=O) groups is 1. The van der Waals surface area contributed by atoms with Crippen LogP contribution in [0, 0.1) is 5.82 Å². The van der Waals surface area contributed by atoms with E-state index in [0.717, 1.165) is 37.1 Å². The molecule has 110 valence electrons. The second-order valence-corrected chi connectivity index (χ2v) is 5.46. The number of hydrogen-bond acceptors (Lipinski definition) is 3. The SMILES string of the molecule is CC(NC(=O)c1ccc(F)cc1Cl)c1nnc2n1CCC2. The number of nitrogens with one attached hydrogen (secondary N) is 1. The Bertz CT molecular complexity index is 700. The van der Waals surface area contributed by atoms with Gasteiger partial charge in [-0.15, -0.1) is 10.2 Å². The van der Waals surface area contributed by atoms with Gasteiger partial charge in [0.05, 0.1) is 16.6 Å². The number of aromatic nitrogens is 3. The Hall–Kier alpha value is -1.95. The summed E-state index contributed by atoms with van der Waals surface area (Å²) in [5.41, 5.74) is 0.242. The Morgan fingerprint density at radius 1 is 1.48 bits per heavy atom. The third-order valence-corrected chi connectivity index (χ3v) is 3.86. The number of benzene rings is 1. The van der Waals surface area contributed by atoms with E-state index in [-0.39, 0.29) is 22.5 Å². The van der Waals surface area contributed by atoms with Crippen molar-refractivity contribution in [2.75, 3.05) is 0 Å². The van der Waals surface area contributed by atoms with Gasteiger partial charge in [0.1, 0.15) is 11.6 Å². The standard InChI is InChI=1S/C14H14ClFN4O/c1-8(13-19-18-12-3-2-6-20(12)13)17-14(21)10-5-4-9(16)7-11(10)15/h4-5,7-8H,2-3,6H2,1H3,(H,17,21). The first-order chi connectivity index (χ1) is 10.1. The van der Waals surface area contributed by atoms with E-state index in [1.807, 2.05) is 11.5 Å². The Morgan fingerprint density at radius 2 is 2.29 bits per heavy atom. The minimum Gasteiger partial charge on any atom is -0.342 e. The number of carbonyl (C=O) groups excluding carboxylic acids is 1. The summed E-state index contributed by atoms with van der Waals surface area (Å²) in [6, 6.07) is 3.40. The molecule has 0 saturated heterocycles. The molecule has 0 fully saturated rings. The van der Waals surface area contributed by atoms with Gasteiger partial charge < -0.3 is 9.88 Å². The van der Waals surface area contributed by atoms with Crippen molar-refractivity contribution < 1.29 is 9.18 Å². The van der Waals surface area contributed by atoms with Crippen molar-refractivity contribution in [2.24, 2.45) is 0 Å². The van der Waals surface area contributed by atoms with Crippen molar-refractivity contribution in [3.63, 3.8) is 0 Å². The fraction of sp³-hybridized carbons (Fsp3) is 0.357. The fourth-order valence-corrected chi connectivity index (χ4v) is 2.76. The van der Waals surface area contributed by atoms with E-state index in [2.05, 4.69) is 15.5 Å². The van der Waals surface area contributed by atoms with E-state index in [9.17, 15) is 9.18 Å². The largest absolute Gasteiger partial charge is 0.342 e. The highest BCUT2D eigenvalue weighted by molar-refractivity contribution is 6.33. The number of halogens is 2. The molecule has 2 aromatic rings. The summed E-state index contributed by atoms with van der Waals surface area (Å²) in [5.74, 6) is 0.850. The van der Waals surface area contributed by atoms with Crippen molar-refractivity contribution in [3.05, 3.63) is 46.3 Å². The lowest BCUT2D eigenvalue weighted by Gasteiger charge is -2.14. The van der Waals surface area contributed by atoms with Gasteiger partial charge in [0.15, 0.2) is 5.82 Å². The van der Waals surface area contributed by atoms with Crippen molar-refractivity contribution in [1.82, 2.24) is 20.1 Å². The van der Waals surface area contributed by atoms with Crippen LogP contribution in [0.1, 0.15) is 41.4 Å². The van der Waals surface area contributed by atoms with E-state index in [4.69, 9.17) is 11.6 Å². The van der Waals surface area contributed by atoms with Crippen LogP contribution in [-0.2, 0) is 13.0 Å². The number of rotatable bonds is 3. The van der Waals surface area contributed by atoms with E-state index < -0.39 is 5.82 Å². The minimum absolute atomic E-state index is 0.0890. The summed E-state index contributed by atoms with van der Waals surface area (Å²) in [4.78, 5) is 12.2. The zero-order chi connectivity index (χ0) is 15.0. The van der Waals surface area contributed by atoms with Crippen LogP contribution in [0.4, 0.5) is 4.39 Å². The van der Waals surface area contributed by atoms with Gasteiger partial charge in [0, 0.05) is 13.0 Å². The van der Waals surface area contributed by atoms with Crippen molar-refractivity contribution >= 4 is 17.5 Å². The molecule has 1 atom stereocenters. The third-order valence-electron chi connectivity index (χ3n) is 3.55. The second-order valence-electron chi connectivity index (χ2n) is 5.05. The number of amides is 1. The maximum Gasteiger partial charge on any atom is 0.253 e. The topological polar surface area (TPSA) is 59.8 Å². The number of aryl methyl sites for hydroxylation is 1. The van der Waals surface area contributed by atoms with Gasteiger partial charge in [-0.25, -0.2) is 4.39 Å². The highest BCUT2D eigenvalue weighted by Crippen LogP contribution is 2.21. The smallest absolute Gasteiger partial charge is 0.253 e. The van der Waals surface area contributed by atoms with Gasteiger partial charge in [-0.2, -0.15) is 0 Å². The molecule has 1 aromatic heterocycles.